The van der Waals surface area contributed by atoms with Gasteiger partial charge in [0.25, 0.3) is 0 Å². The standard InChI is InChI=1S/C11H11F5O/c1-7-3-5-8(6-4-7)9(2,17)10(12,13)11(14,15)16/h3-6,17H,1-2H3. The van der Waals surface area contributed by atoms with Crippen molar-refractivity contribution in [3.8, 4) is 0 Å². The lowest BCUT2D eigenvalue weighted by atomic mass is 9.88. The summed E-state index contributed by atoms with van der Waals surface area (Å²) in [5.74, 6) is -5.21. The number of hydrogen-bond donors (Lipinski definition) is 1. The lowest BCUT2D eigenvalue weighted by molar-refractivity contribution is -0.342. The van der Waals surface area contributed by atoms with E-state index in [1.807, 2.05) is 0 Å². The van der Waals surface area contributed by atoms with Gasteiger partial charge >= 0.3 is 12.1 Å². The van der Waals surface area contributed by atoms with Crippen LogP contribution in [0.2, 0.25) is 0 Å². The smallest absolute Gasteiger partial charge is 0.379 e. The molecule has 17 heavy (non-hydrogen) atoms. The predicted molar refractivity (Wildman–Crippen MR) is 51.8 cm³/mol. The third-order valence-corrected chi connectivity index (χ3v) is 2.58. The lowest BCUT2D eigenvalue weighted by Crippen LogP contribution is -2.53. The van der Waals surface area contributed by atoms with Gasteiger partial charge in [-0.3, -0.25) is 0 Å². The van der Waals surface area contributed by atoms with Gasteiger partial charge in [-0.15, -0.1) is 0 Å². The molecule has 96 valence electrons. The summed E-state index contributed by atoms with van der Waals surface area (Å²) in [5.41, 5.74) is -3.08. The third-order valence-electron chi connectivity index (χ3n) is 2.58. The van der Waals surface area contributed by atoms with Crippen molar-refractivity contribution in [3.63, 3.8) is 0 Å². The Kier molecular flexibility index (Phi) is 3.22. The fourth-order valence-corrected chi connectivity index (χ4v) is 1.34. The molecule has 0 spiro atoms. The predicted octanol–water partition coefficient (Wildman–Crippen LogP) is 3.40. The molecule has 1 rings (SSSR count). The highest BCUT2D eigenvalue weighted by Crippen LogP contribution is 2.48. The molecule has 0 heterocycles. The van der Waals surface area contributed by atoms with E-state index in [1.165, 1.54) is 12.1 Å². The minimum atomic E-state index is -5.80. The second kappa shape index (κ2) is 3.94. The Balaban J connectivity index is 3.23. The summed E-state index contributed by atoms with van der Waals surface area (Å²) in [7, 11) is 0. The van der Waals surface area contributed by atoms with Crippen LogP contribution in [0.4, 0.5) is 22.0 Å². The van der Waals surface area contributed by atoms with Gasteiger partial charge in [0.15, 0.2) is 5.60 Å². The zero-order valence-electron chi connectivity index (χ0n) is 9.15. The Morgan fingerprint density at radius 1 is 0.941 bits per heavy atom. The normalized spacial score (nSPS) is 16.7. The van der Waals surface area contributed by atoms with E-state index in [1.54, 1.807) is 6.92 Å². The van der Waals surface area contributed by atoms with Crippen molar-refractivity contribution in [2.45, 2.75) is 31.5 Å². The summed E-state index contributed by atoms with van der Waals surface area (Å²) in [5, 5.41) is 9.47. The van der Waals surface area contributed by atoms with Gasteiger partial charge in [-0.2, -0.15) is 22.0 Å². The van der Waals surface area contributed by atoms with E-state index >= 15 is 0 Å². The van der Waals surface area contributed by atoms with Gasteiger partial charge in [-0.05, 0) is 19.4 Å². The first-order chi connectivity index (χ1) is 7.50. The highest BCUT2D eigenvalue weighted by Gasteiger charge is 2.68. The van der Waals surface area contributed by atoms with Crippen molar-refractivity contribution in [3.05, 3.63) is 35.4 Å². The first-order valence-electron chi connectivity index (χ1n) is 4.74. The van der Waals surface area contributed by atoms with E-state index in [-0.39, 0.29) is 0 Å². The monoisotopic (exact) mass is 254 g/mol. The molecule has 0 saturated carbocycles. The Labute approximate surface area is 94.9 Å². The molecule has 0 radical (unpaired) electrons. The van der Waals surface area contributed by atoms with Crippen LogP contribution in [0, 0.1) is 6.92 Å². The quantitative estimate of drug-likeness (QED) is 0.802. The van der Waals surface area contributed by atoms with E-state index in [2.05, 4.69) is 0 Å². The SMILES string of the molecule is Cc1ccc(C(C)(O)C(F)(F)C(F)(F)F)cc1. The first-order valence-corrected chi connectivity index (χ1v) is 4.74. The number of alkyl halides is 5. The molecular formula is C11H11F5O. The molecule has 1 nitrogen and oxygen atoms in total. The van der Waals surface area contributed by atoms with Gasteiger partial charge in [-0.25, -0.2) is 0 Å². The number of halogens is 5. The fraction of sp³-hybridized carbons (Fsp3) is 0.455. The van der Waals surface area contributed by atoms with Crippen molar-refractivity contribution >= 4 is 0 Å². The number of aliphatic hydroxyl groups is 1. The second-order valence-corrected chi connectivity index (χ2v) is 4.01. The van der Waals surface area contributed by atoms with E-state index < -0.39 is 23.3 Å². The van der Waals surface area contributed by atoms with Crippen molar-refractivity contribution < 1.29 is 27.1 Å². The Hall–Kier alpha value is -1.17. The van der Waals surface area contributed by atoms with Crippen molar-refractivity contribution in [1.29, 1.82) is 0 Å². The highest BCUT2D eigenvalue weighted by atomic mass is 19.4. The average Bonchev–Trinajstić information content (AvgIpc) is 2.16. The highest BCUT2D eigenvalue weighted by molar-refractivity contribution is 5.28. The van der Waals surface area contributed by atoms with Crippen LogP contribution in [0.1, 0.15) is 18.1 Å². The van der Waals surface area contributed by atoms with E-state index in [4.69, 9.17) is 0 Å². The molecule has 0 amide bonds. The molecule has 1 N–H and O–H groups in total. The zero-order valence-corrected chi connectivity index (χ0v) is 9.15. The molecule has 0 aromatic heterocycles. The van der Waals surface area contributed by atoms with Crippen molar-refractivity contribution in [1.82, 2.24) is 0 Å². The Morgan fingerprint density at radius 2 is 1.35 bits per heavy atom. The maximum absolute atomic E-state index is 13.1. The summed E-state index contributed by atoms with van der Waals surface area (Å²) in [6, 6.07) is 4.82. The van der Waals surface area contributed by atoms with Crippen LogP contribution in [0.3, 0.4) is 0 Å². The van der Waals surface area contributed by atoms with E-state index in [0.717, 1.165) is 12.1 Å². The summed E-state index contributed by atoms with van der Waals surface area (Å²) in [6.45, 7) is 2.10. The maximum atomic E-state index is 13.1. The van der Waals surface area contributed by atoms with Crippen LogP contribution >= 0.6 is 0 Å². The Bertz CT molecular complexity index is 391. The molecule has 1 atom stereocenters. The zero-order chi connectivity index (χ0) is 13.5. The van der Waals surface area contributed by atoms with Crippen LogP contribution in [-0.4, -0.2) is 17.2 Å². The van der Waals surface area contributed by atoms with Crippen LogP contribution in [0.15, 0.2) is 24.3 Å². The number of aryl methyl sites for hydroxylation is 1. The van der Waals surface area contributed by atoms with Gasteiger partial charge in [0.2, 0.25) is 0 Å². The number of benzene rings is 1. The second-order valence-electron chi connectivity index (χ2n) is 4.01. The molecule has 1 unspecified atom stereocenters. The van der Waals surface area contributed by atoms with Gasteiger partial charge in [0.05, 0.1) is 0 Å². The van der Waals surface area contributed by atoms with Gasteiger partial charge < -0.3 is 5.11 Å². The van der Waals surface area contributed by atoms with Crippen LogP contribution in [0.25, 0.3) is 0 Å². The van der Waals surface area contributed by atoms with Crippen molar-refractivity contribution in [2.75, 3.05) is 0 Å². The summed E-state index contributed by atoms with van der Waals surface area (Å²) in [6.07, 6.45) is -5.80. The van der Waals surface area contributed by atoms with Crippen molar-refractivity contribution in [2.24, 2.45) is 0 Å². The molecule has 0 bridgehead atoms. The molecule has 0 aliphatic rings. The number of hydrogen-bond acceptors (Lipinski definition) is 1. The fourth-order valence-electron chi connectivity index (χ4n) is 1.34. The van der Waals surface area contributed by atoms with Crippen LogP contribution in [0.5, 0.6) is 0 Å². The topological polar surface area (TPSA) is 20.2 Å². The van der Waals surface area contributed by atoms with Gasteiger partial charge in [0, 0.05) is 0 Å². The molecule has 1 aromatic rings. The molecular weight excluding hydrogens is 243 g/mol. The van der Waals surface area contributed by atoms with Gasteiger partial charge in [-0.1, -0.05) is 29.8 Å². The molecule has 0 aliphatic carbocycles. The minimum Gasteiger partial charge on any atom is -0.379 e. The largest absolute Gasteiger partial charge is 0.456 e. The summed E-state index contributed by atoms with van der Waals surface area (Å²) < 4.78 is 62.8. The third kappa shape index (κ3) is 2.26. The van der Waals surface area contributed by atoms with Gasteiger partial charge in [0.1, 0.15) is 0 Å². The molecule has 0 saturated heterocycles. The molecule has 6 heteroatoms. The Morgan fingerprint density at radius 3 is 1.71 bits per heavy atom. The van der Waals surface area contributed by atoms with E-state index in [9.17, 15) is 27.1 Å². The minimum absolute atomic E-state index is 0.450. The van der Waals surface area contributed by atoms with Crippen LogP contribution in [-0.2, 0) is 5.60 Å². The summed E-state index contributed by atoms with van der Waals surface area (Å²) >= 11 is 0. The molecule has 0 aliphatic heterocycles. The molecule has 1 aromatic carbocycles. The maximum Gasteiger partial charge on any atom is 0.456 e. The number of rotatable bonds is 2. The summed E-state index contributed by atoms with van der Waals surface area (Å²) in [4.78, 5) is 0. The lowest BCUT2D eigenvalue weighted by Gasteiger charge is -2.34. The molecule has 0 fully saturated rings. The van der Waals surface area contributed by atoms with Crippen LogP contribution < -0.4 is 0 Å². The average molecular weight is 254 g/mol. The first kappa shape index (κ1) is 13.9. The van der Waals surface area contributed by atoms with E-state index in [0.29, 0.717) is 12.5 Å².